The van der Waals surface area contributed by atoms with Gasteiger partial charge < -0.3 is 18.9 Å². The molecule has 4 nitrogen and oxygen atoms in total. The maximum Gasteiger partial charge on any atom is 0.0541 e. The molecule has 27 rings (SSSR count). The van der Waals surface area contributed by atoms with Gasteiger partial charge in [-0.25, -0.2) is 0 Å². The average Bonchev–Trinajstić information content (AvgIpc) is 0.766. The molecule has 0 atom stereocenters. The van der Waals surface area contributed by atoms with Crippen LogP contribution in [0.15, 0.2) is 558 Å². The van der Waals surface area contributed by atoms with Crippen LogP contribution in [-0.2, 0) is 0 Å². The van der Waals surface area contributed by atoms with Crippen LogP contribution in [0.5, 0.6) is 0 Å². The molecule has 2 aromatic heterocycles. The molecule has 0 fully saturated rings. The maximum absolute atomic E-state index is 2.45. The van der Waals surface area contributed by atoms with Crippen molar-refractivity contribution in [2.75, 3.05) is 9.80 Å². The Bertz CT molecular complexity index is 9190. The fraction of sp³-hybridized carbons (Fsp3) is 0. The van der Waals surface area contributed by atoms with Crippen molar-refractivity contribution in [2.24, 2.45) is 0 Å². The molecule has 2 heterocycles. The summed E-state index contributed by atoms with van der Waals surface area (Å²) in [6.45, 7) is 0. The van der Waals surface area contributed by atoms with Gasteiger partial charge in [-0.1, -0.05) is 437 Å². The highest BCUT2D eigenvalue weighted by Gasteiger charge is 2.27. The minimum Gasteiger partial charge on any atom is -0.310 e. The summed E-state index contributed by atoms with van der Waals surface area (Å²) in [5.74, 6) is 0. The molecular weight excluding hydrogens is 1710 g/mol. The summed E-state index contributed by atoms with van der Waals surface area (Å²) in [4.78, 5) is 4.82. The van der Waals surface area contributed by atoms with E-state index in [1.54, 1.807) is 0 Å². The molecule has 0 saturated carbocycles. The Balaban J connectivity index is 0.000000159. The van der Waals surface area contributed by atoms with E-state index in [0.717, 1.165) is 56.5 Å². The Morgan fingerprint density at radius 2 is 0.394 bits per heavy atom. The van der Waals surface area contributed by atoms with Crippen LogP contribution in [0.2, 0.25) is 0 Å². The Kier molecular flexibility index (Phi) is 21.3. The Morgan fingerprint density at radius 3 is 0.817 bits per heavy atom. The SMILES string of the molecule is c1ccc(-c2c3ccccc3c(-c3ccc(N(c4ccc(-n5c6ccccc6c6ccccc65)cc4)c4cccc5ccccc45)cc3)c3ccccc23)cc1.c1ccc(-c2ccccc2-c2ccc3c(c2)c2cc(-c4ccccc4-c4ccccc4)ccc2n3-c2ccc(N(c3ccccc3)c3ccc(-c4c5ccccc5c(-c5ccccc5-c5ccccc5)c5ccccc45)c4ccccc34)cc2)cc1. The van der Waals surface area contributed by atoms with Crippen LogP contribution in [0, 0.1) is 0 Å². The van der Waals surface area contributed by atoms with Crippen molar-refractivity contribution in [3.05, 3.63) is 558 Å². The first-order valence-corrected chi connectivity index (χ1v) is 48.9. The zero-order valence-electron chi connectivity index (χ0n) is 77.9. The van der Waals surface area contributed by atoms with Crippen molar-refractivity contribution in [3.63, 3.8) is 0 Å². The summed E-state index contributed by atoms with van der Waals surface area (Å²) in [5, 5.41) is 19.7. The van der Waals surface area contributed by atoms with Gasteiger partial charge in [-0.15, -0.1) is 0 Å². The largest absolute Gasteiger partial charge is 0.310 e. The number of nitrogens with zero attached hydrogens (tertiary/aromatic N) is 4. The van der Waals surface area contributed by atoms with Crippen LogP contribution < -0.4 is 9.80 Å². The van der Waals surface area contributed by atoms with Crippen molar-refractivity contribution in [2.45, 2.75) is 0 Å². The van der Waals surface area contributed by atoms with Gasteiger partial charge in [-0.3, -0.25) is 0 Å². The first-order chi connectivity index (χ1) is 70.5. The fourth-order valence-electron chi connectivity index (χ4n) is 22.5. The minimum absolute atomic E-state index is 1.07. The third-order valence-corrected chi connectivity index (χ3v) is 28.8. The van der Waals surface area contributed by atoms with Crippen molar-refractivity contribution in [1.82, 2.24) is 9.13 Å². The number of fused-ring (bicyclic) bond motifs is 12. The van der Waals surface area contributed by atoms with E-state index in [1.807, 2.05) is 0 Å². The van der Waals surface area contributed by atoms with Gasteiger partial charge in [0.05, 0.1) is 33.4 Å². The molecule has 25 aromatic carbocycles. The molecule has 0 aliphatic rings. The van der Waals surface area contributed by atoms with Crippen LogP contribution in [-0.4, -0.2) is 9.13 Å². The van der Waals surface area contributed by atoms with Crippen molar-refractivity contribution in [1.29, 1.82) is 0 Å². The summed E-state index contributed by atoms with van der Waals surface area (Å²) < 4.78 is 4.83. The third kappa shape index (κ3) is 14.7. The number of hydrogen-bond acceptors (Lipinski definition) is 2. The standard InChI is InChI=1S/C84H56N2.C54H36N2/c1-5-25-57(26-6-1)65-33-13-15-36-68(65)60-45-52-81-78(55-60)79-56-61(69-37-16-14-34-66(69)58-27-7-2-8-28-58)46-53-82(79)86(81)64-49-47-63(48-50-64)85(62-31-11-4-12-32-62)80-54-51-77(70-38-18-19-39-71(70)80)84-75-43-23-21-41-73(75)83(74-42-22-24-44-76(74)84)72-40-20-17-35-67(72)59-29-9-3-10-30-59;1-2-16-38(17-3-1)53-46-22-6-8-24-48(46)54(49-25-9-7-23-47(49)53)39-29-31-40(32-30-39)55(50-28-14-18-37-15-4-5-19-43(37)50)41-33-35-42(36-34-41)56-51-26-12-10-20-44(51)45-21-11-13-27-52(45)56/h1-56H;1-36H. The van der Waals surface area contributed by atoms with E-state index in [-0.39, 0.29) is 0 Å². The van der Waals surface area contributed by atoms with Gasteiger partial charge in [0.2, 0.25) is 0 Å². The van der Waals surface area contributed by atoms with Crippen LogP contribution in [0.25, 0.3) is 220 Å². The molecule has 0 N–H and O–H groups in total. The van der Waals surface area contributed by atoms with Crippen LogP contribution in [0.3, 0.4) is 0 Å². The molecule has 0 unspecified atom stereocenters. The number of rotatable bonds is 17. The van der Waals surface area contributed by atoms with Gasteiger partial charge in [0.15, 0.2) is 0 Å². The lowest BCUT2D eigenvalue weighted by Crippen LogP contribution is -2.10. The van der Waals surface area contributed by atoms with Gasteiger partial charge in [-0.2, -0.15) is 0 Å². The van der Waals surface area contributed by atoms with Crippen LogP contribution >= 0.6 is 0 Å². The highest BCUT2D eigenvalue weighted by atomic mass is 15.2. The summed E-state index contributed by atoms with van der Waals surface area (Å²) in [6, 6.07) is 204. The lowest BCUT2D eigenvalue weighted by atomic mass is 9.83. The quantitative estimate of drug-likeness (QED) is 0.0845. The lowest BCUT2D eigenvalue weighted by Gasteiger charge is -2.28. The van der Waals surface area contributed by atoms with E-state index in [9.17, 15) is 0 Å². The number of para-hydroxylation sites is 3. The molecule has 0 radical (unpaired) electrons. The number of benzene rings is 25. The van der Waals surface area contributed by atoms with E-state index < -0.39 is 0 Å². The molecule has 0 bridgehead atoms. The van der Waals surface area contributed by atoms with E-state index in [0.29, 0.717) is 0 Å². The first-order valence-electron chi connectivity index (χ1n) is 48.9. The topological polar surface area (TPSA) is 16.3 Å². The Labute approximate surface area is 825 Å². The predicted octanol–water partition coefficient (Wildman–Crippen LogP) is 38.4. The molecule has 0 spiro atoms. The highest BCUT2D eigenvalue weighted by molar-refractivity contribution is 6.26. The summed E-state index contributed by atoms with van der Waals surface area (Å²) >= 11 is 0. The molecule has 142 heavy (non-hydrogen) atoms. The predicted molar refractivity (Wildman–Crippen MR) is 605 cm³/mol. The zero-order chi connectivity index (χ0) is 93.9. The Hall–Kier alpha value is -18.7. The second-order valence-electron chi connectivity index (χ2n) is 36.7. The number of anilines is 6. The van der Waals surface area contributed by atoms with Crippen molar-refractivity contribution < 1.29 is 0 Å². The second-order valence-corrected chi connectivity index (χ2v) is 36.7. The van der Waals surface area contributed by atoms with Crippen LogP contribution in [0.1, 0.15) is 0 Å². The molecule has 0 amide bonds. The molecular formula is C138H92N4. The van der Waals surface area contributed by atoms with Gasteiger partial charge in [0.1, 0.15) is 0 Å². The van der Waals surface area contributed by atoms with E-state index in [2.05, 4.69) is 577 Å². The van der Waals surface area contributed by atoms with E-state index >= 15 is 0 Å². The molecule has 27 aromatic rings. The first kappa shape index (κ1) is 83.8. The highest BCUT2D eigenvalue weighted by Crippen LogP contribution is 2.53. The normalized spacial score (nSPS) is 11.5. The molecule has 0 aliphatic heterocycles. The van der Waals surface area contributed by atoms with Gasteiger partial charge in [0, 0.05) is 66.4 Å². The maximum atomic E-state index is 2.45. The van der Waals surface area contributed by atoms with E-state index in [4.69, 9.17) is 0 Å². The molecule has 0 aliphatic carbocycles. The van der Waals surface area contributed by atoms with Gasteiger partial charge in [-0.05, 0) is 275 Å². The summed E-state index contributed by atoms with van der Waals surface area (Å²) in [7, 11) is 0. The third-order valence-electron chi connectivity index (χ3n) is 28.8. The summed E-state index contributed by atoms with van der Waals surface area (Å²) in [6.07, 6.45) is 0. The molecule has 4 heteroatoms. The lowest BCUT2D eigenvalue weighted by molar-refractivity contribution is 1.17. The Morgan fingerprint density at radius 1 is 0.127 bits per heavy atom. The van der Waals surface area contributed by atoms with Crippen molar-refractivity contribution in [3.8, 4) is 112 Å². The minimum atomic E-state index is 1.07. The van der Waals surface area contributed by atoms with E-state index in [1.165, 1.54) is 197 Å². The molecule has 0 saturated heterocycles. The summed E-state index contributed by atoms with van der Waals surface area (Å²) in [5.41, 5.74) is 35.5. The number of aromatic nitrogens is 2. The van der Waals surface area contributed by atoms with Gasteiger partial charge in [0.25, 0.3) is 0 Å². The second kappa shape index (κ2) is 36.1. The fourth-order valence-corrected chi connectivity index (χ4v) is 22.5. The molecule has 664 valence electrons. The zero-order valence-corrected chi connectivity index (χ0v) is 77.9. The van der Waals surface area contributed by atoms with Gasteiger partial charge >= 0.3 is 0 Å². The monoisotopic (exact) mass is 1800 g/mol. The number of hydrogen-bond donors (Lipinski definition) is 0. The smallest absolute Gasteiger partial charge is 0.0541 e. The van der Waals surface area contributed by atoms with Crippen LogP contribution in [0.4, 0.5) is 34.1 Å². The average molecular weight is 1810 g/mol. The van der Waals surface area contributed by atoms with Crippen molar-refractivity contribution >= 4 is 142 Å².